The highest BCUT2D eigenvalue weighted by molar-refractivity contribution is 7.90. The summed E-state index contributed by atoms with van der Waals surface area (Å²) < 4.78 is 34.7. The van der Waals surface area contributed by atoms with Gasteiger partial charge in [-0.25, -0.2) is 17.4 Å². The predicted octanol–water partition coefficient (Wildman–Crippen LogP) is 5.89. The summed E-state index contributed by atoms with van der Waals surface area (Å²) in [5, 5.41) is 6.86. The number of carbonyl (C=O) groups is 1. The standard InChI is InChI=1S/C36H40N8O4S/c1-22-9-14-26(15-10-22)49(46,47)44-18-16-27-34(39-29-7-6-17-38-32(29)33(37)45)41-36(42-35(27)44)40-30-20-28-24(11-8-23(2)21-43(3)4)12-13-25(28)19-31(30)48-5/h6-7,9-10,14-20,24H,2,8,11-13,21H2,1,3-5H3,(H2,37,45)(H2,39,40,41,42). The van der Waals surface area contributed by atoms with Gasteiger partial charge in [-0.15, -0.1) is 0 Å². The third kappa shape index (κ3) is 6.99. The Kier molecular flexibility index (Phi) is 9.39. The molecule has 0 bridgehead atoms. The third-order valence-electron chi connectivity index (χ3n) is 8.68. The zero-order valence-corrected chi connectivity index (χ0v) is 28.8. The number of likely N-dealkylation sites (N-methyl/N-ethyl adjacent to an activating group) is 1. The Morgan fingerprint density at radius 1 is 1.10 bits per heavy atom. The molecule has 1 amide bonds. The van der Waals surface area contributed by atoms with Gasteiger partial charge in [0.25, 0.3) is 15.9 Å². The highest BCUT2D eigenvalue weighted by atomic mass is 32.2. The van der Waals surface area contributed by atoms with Crippen LogP contribution < -0.4 is 21.1 Å². The molecular formula is C36H40N8O4S. The quantitative estimate of drug-likeness (QED) is 0.128. The fraction of sp³-hybridized carbons (Fsp3) is 0.278. The summed E-state index contributed by atoms with van der Waals surface area (Å²) in [6.45, 7) is 7.01. The van der Waals surface area contributed by atoms with Crippen molar-refractivity contribution in [2.45, 2.75) is 43.4 Å². The van der Waals surface area contributed by atoms with Crippen molar-refractivity contribution >= 4 is 50.1 Å². The van der Waals surface area contributed by atoms with Gasteiger partial charge in [0, 0.05) is 18.9 Å². The maximum atomic E-state index is 13.9. The summed E-state index contributed by atoms with van der Waals surface area (Å²) in [5.74, 6) is 0.606. The first-order chi connectivity index (χ1) is 23.4. The summed E-state index contributed by atoms with van der Waals surface area (Å²) in [6, 6.07) is 15.6. The van der Waals surface area contributed by atoms with E-state index in [0.717, 1.165) is 41.8 Å². The minimum absolute atomic E-state index is 0.00933. The average Bonchev–Trinajstić information content (AvgIpc) is 3.68. The number of carbonyl (C=O) groups excluding carboxylic acids is 1. The Hall–Kier alpha value is -5.27. The number of hydrogen-bond acceptors (Lipinski definition) is 10. The molecule has 5 aromatic rings. The molecule has 49 heavy (non-hydrogen) atoms. The minimum Gasteiger partial charge on any atom is -0.495 e. The van der Waals surface area contributed by atoms with Crippen molar-refractivity contribution < 1.29 is 17.9 Å². The fourth-order valence-electron chi connectivity index (χ4n) is 6.30. The van der Waals surface area contributed by atoms with Gasteiger partial charge < -0.3 is 26.0 Å². The van der Waals surface area contributed by atoms with Crippen LogP contribution in [0.5, 0.6) is 5.75 Å². The van der Waals surface area contributed by atoms with Crippen molar-refractivity contribution in [3.05, 3.63) is 102 Å². The SMILES string of the molecule is C=C(CCC1CCc2cc(OC)c(Nc3nc(Nc4cccnc4C(N)=O)c4ccn(S(=O)(=O)c5ccc(C)cc5)c4n3)cc21)CN(C)C. The first kappa shape index (κ1) is 33.6. The number of amides is 1. The van der Waals surface area contributed by atoms with Gasteiger partial charge in [0.1, 0.15) is 11.6 Å². The molecule has 0 radical (unpaired) electrons. The molecular weight excluding hydrogens is 641 g/mol. The van der Waals surface area contributed by atoms with E-state index in [4.69, 9.17) is 20.4 Å². The zero-order valence-electron chi connectivity index (χ0n) is 28.0. The van der Waals surface area contributed by atoms with Crippen molar-refractivity contribution in [1.29, 1.82) is 0 Å². The van der Waals surface area contributed by atoms with E-state index < -0.39 is 15.9 Å². The Labute approximate surface area is 286 Å². The summed E-state index contributed by atoms with van der Waals surface area (Å²) >= 11 is 0. The van der Waals surface area contributed by atoms with Crippen LogP contribution in [0.2, 0.25) is 0 Å². The van der Waals surface area contributed by atoms with E-state index >= 15 is 0 Å². The number of benzene rings is 2. The van der Waals surface area contributed by atoms with Gasteiger partial charge in [-0.3, -0.25) is 4.79 Å². The van der Waals surface area contributed by atoms with E-state index in [1.54, 1.807) is 49.6 Å². The lowest BCUT2D eigenvalue weighted by Gasteiger charge is -2.18. The smallest absolute Gasteiger partial charge is 0.269 e. The summed E-state index contributed by atoms with van der Waals surface area (Å²) in [7, 11) is 1.66. The number of nitrogens with two attached hydrogens (primary N) is 1. The largest absolute Gasteiger partial charge is 0.495 e. The molecule has 1 aliphatic rings. The fourth-order valence-corrected chi connectivity index (χ4v) is 7.60. The van der Waals surface area contributed by atoms with Gasteiger partial charge >= 0.3 is 0 Å². The average molecular weight is 681 g/mol. The summed E-state index contributed by atoms with van der Waals surface area (Å²) in [6.07, 6.45) is 6.80. The number of anilines is 4. The molecule has 4 N–H and O–H groups in total. The van der Waals surface area contributed by atoms with Crippen molar-refractivity contribution in [3.63, 3.8) is 0 Å². The lowest BCUT2D eigenvalue weighted by Crippen LogP contribution is -2.16. The van der Waals surface area contributed by atoms with Crippen molar-refractivity contribution in [3.8, 4) is 5.75 Å². The zero-order chi connectivity index (χ0) is 34.9. The molecule has 0 aliphatic heterocycles. The minimum atomic E-state index is -4.04. The molecule has 6 rings (SSSR count). The van der Waals surface area contributed by atoms with E-state index in [-0.39, 0.29) is 28.0 Å². The molecule has 2 aromatic carbocycles. The van der Waals surface area contributed by atoms with Gasteiger partial charge in [-0.05, 0) is 106 Å². The van der Waals surface area contributed by atoms with Crippen LogP contribution in [0.15, 0.2) is 84.0 Å². The highest BCUT2D eigenvalue weighted by Crippen LogP contribution is 2.43. The first-order valence-corrected chi connectivity index (χ1v) is 17.4. The monoisotopic (exact) mass is 680 g/mol. The van der Waals surface area contributed by atoms with Crippen molar-refractivity contribution in [2.75, 3.05) is 38.4 Å². The van der Waals surface area contributed by atoms with Crippen LogP contribution in [0.3, 0.4) is 0 Å². The second kappa shape index (κ2) is 13.7. The second-order valence-electron chi connectivity index (χ2n) is 12.6. The second-order valence-corrected chi connectivity index (χ2v) is 14.4. The topological polar surface area (TPSA) is 157 Å². The molecule has 1 aliphatic carbocycles. The number of nitrogens with zero attached hydrogens (tertiary/aromatic N) is 5. The van der Waals surface area contributed by atoms with E-state index in [9.17, 15) is 13.2 Å². The van der Waals surface area contributed by atoms with Crippen LogP contribution in [0.1, 0.15) is 52.4 Å². The Morgan fingerprint density at radius 3 is 2.59 bits per heavy atom. The van der Waals surface area contributed by atoms with Crippen LogP contribution in [0, 0.1) is 6.92 Å². The van der Waals surface area contributed by atoms with E-state index in [1.807, 2.05) is 27.1 Å². The molecule has 0 spiro atoms. The molecule has 254 valence electrons. The highest BCUT2D eigenvalue weighted by Gasteiger charge is 2.27. The number of aryl methyl sites for hydroxylation is 2. The normalized spacial score (nSPS) is 14.2. The molecule has 0 fully saturated rings. The van der Waals surface area contributed by atoms with Crippen LogP contribution in [0.25, 0.3) is 11.0 Å². The first-order valence-electron chi connectivity index (χ1n) is 16.0. The number of methoxy groups -OCH3 is 1. The maximum absolute atomic E-state index is 13.9. The number of rotatable bonds is 13. The summed E-state index contributed by atoms with van der Waals surface area (Å²) in [5.41, 5.74) is 11.3. The number of aromatic nitrogens is 4. The van der Waals surface area contributed by atoms with Gasteiger partial charge in [0.15, 0.2) is 11.3 Å². The molecule has 3 heterocycles. The Balaban J connectivity index is 1.43. The lowest BCUT2D eigenvalue weighted by atomic mass is 9.93. The number of fused-ring (bicyclic) bond motifs is 2. The molecule has 13 heteroatoms. The molecule has 0 saturated carbocycles. The van der Waals surface area contributed by atoms with Crippen LogP contribution >= 0.6 is 0 Å². The molecule has 1 unspecified atom stereocenters. The van der Waals surface area contributed by atoms with Crippen molar-refractivity contribution in [1.82, 2.24) is 23.8 Å². The lowest BCUT2D eigenvalue weighted by molar-refractivity contribution is 0.0996. The number of primary amides is 1. The number of ether oxygens (including phenoxy) is 1. The third-order valence-corrected chi connectivity index (χ3v) is 10.4. The Bertz CT molecular complexity index is 2160. The summed E-state index contributed by atoms with van der Waals surface area (Å²) in [4.78, 5) is 28.0. The molecule has 12 nitrogen and oxygen atoms in total. The van der Waals surface area contributed by atoms with Gasteiger partial charge in [-0.2, -0.15) is 9.97 Å². The van der Waals surface area contributed by atoms with Crippen LogP contribution in [0.4, 0.5) is 23.1 Å². The van der Waals surface area contributed by atoms with E-state index in [1.165, 1.54) is 29.1 Å². The van der Waals surface area contributed by atoms with Gasteiger partial charge in [0.05, 0.1) is 28.8 Å². The van der Waals surface area contributed by atoms with Gasteiger partial charge in [0.2, 0.25) is 5.95 Å². The van der Waals surface area contributed by atoms with Gasteiger partial charge in [-0.1, -0.05) is 29.8 Å². The van der Waals surface area contributed by atoms with E-state index in [0.29, 0.717) is 28.4 Å². The van der Waals surface area contributed by atoms with Crippen LogP contribution in [-0.4, -0.2) is 65.9 Å². The Morgan fingerprint density at radius 2 is 1.88 bits per heavy atom. The molecule has 1 atom stereocenters. The number of pyridine rings is 1. The van der Waals surface area contributed by atoms with Crippen molar-refractivity contribution in [2.24, 2.45) is 5.73 Å². The van der Waals surface area contributed by atoms with E-state index in [2.05, 4.69) is 33.2 Å². The molecule has 3 aromatic heterocycles. The number of hydrogen-bond donors (Lipinski definition) is 3. The van der Waals surface area contributed by atoms with Crippen LogP contribution in [-0.2, 0) is 16.4 Å². The predicted molar refractivity (Wildman–Crippen MR) is 192 cm³/mol. The maximum Gasteiger partial charge on any atom is 0.269 e. The number of nitrogens with one attached hydrogen (secondary N) is 2. The molecule has 0 saturated heterocycles.